The number of nitrogens with zero attached hydrogens (tertiary/aromatic N) is 5. The van der Waals surface area contributed by atoms with Gasteiger partial charge in [-0.2, -0.15) is 9.78 Å². The molecule has 37 heavy (non-hydrogen) atoms. The van der Waals surface area contributed by atoms with Crippen LogP contribution in [0.2, 0.25) is 0 Å². The SMILES string of the molecule is Cc1nc(N2CC(OC(C)(C)C)C2)sc1Oc1ccc(-n2ncn(Cc3c(F)cccc3F)c2=O)cc1. The van der Waals surface area contributed by atoms with Crippen LogP contribution in [0.25, 0.3) is 5.69 Å². The van der Waals surface area contributed by atoms with Gasteiger partial charge in [0.1, 0.15) is 23.7 Å². The van der Waals surface area contributed by atoms with E-state index in [1.54, 1.807) is 24.3 Å². The summed E-state index contributed by atoms with van der Waals surface area (Å²) in [5.74, 6) is -0.842. The van der Waals surface area contributed by atoms with Crippen molar-refractivity contribution in [2.45, 2.75) is 45.9 Å². The number of benzene rings is 2. The molecule has 0 aliphatic carbocycles. The van der Waals surface area contributed by atoms with Crippen molar-refractivity contribution in [1.29, 1.82) is 0 Å². The predicted octanol–water partition coefficient (Wildman–Crippen LogP) is 4.92. The number of aryl methyl sites for hydroxylation is 1. The molecule has 0 bridgehead atoms. The molecule has 0 unspecified atom stereocenters. The Hall–Kier alpha value is -3.57. The molecule has 0 atom stereocenters. The maximum Gasteiger partial charge on any atom is 0.350 e. The number of ether oxygens (including phenoxy) is 2. The molecule has 1 aliphatic heterocycles. The summed E-state index contributed by atoms with van der Waals surface area (Å²) in [4.78, 5) is 19.6. The van der Waals surface area contributed by atoms with Gasteiger partial charge in [0.05, 0.1) is 29.6 Å². The monoisotopic (exact) mass is 527 g/mol. The van der Waals surface area contributed by atoms with Crippen LogP contribution in [-0.4, -0.2) is 44.1 Å². The van der Waals surface area contributed by atoms with Crippen LogP contribution in [0, 0.1) is 18.6 Å². The van der Waals surface area contributed by atoms with Gasteiger partial charge >= 0.3 is 5.69 Å². The molecule has 0 saturated carbocycles. The number of thiazole rings is 1. The molecule has 0 spiro atoms. The molecule has 11 heteroatoms. The second-order valence-electron chi connectivity index (χ2n) is 9.88. The Morgan fingerprint density at radius 2 is 1.76 bits per heavy atom. The van der Waals surface area contributed by atoms with Gasteiger partial charge in [0, 0.05) is 18.7 Å². The zero-order valence-electron chi connectivity index (χ0n) is 20.9. The average Bonchev–Trinajstić information content (AvgIpc) is 3.35. The van der Waals surface area contributed by atoms with Crippen molar-refractivity contribution in [3.05, 3.63) is 82.2 Å². The quantitative estimate of drug-likeness (QED) is 0.340. The molecule has 2 aromatic heterocycles. The van der Waals surface area contributed by atoms with Crippen LogP contribution < -0.4 is 15.3 Å². The Morgan fingerprint density at radius 3 is 2.41 bits per heavy atom. The highest BCUT2D eigenvalue weighted by atomic mass is 32.1. The van der Waals surface area contributed by atoms with Gasteiger partial charge in [0.2, 0.25) is 5.06 Å². The number of hydrogen-bond donors (Lipinski definition) is 0. The molecule has 194 valence electrons. The Labute approximate surface area is 216 Å². The third-order valence-corrected chi connectivity index (χ3v) is 6.89. The lowest BCUT2D eigenvalue weighted by Crippen LogP contribution is -2.54. The molecular weight excluding hydrogens is 500 g/mol. The molecule has 1 fully saturated rings. The van der Waals surface area contributed by atoms with Crippen LogP contribution in [0.5, 0.6) is 10.8 Å². The molecule has 2 aromatic carbocycles. The smallest absolute Gasteiger partial charge is 0.350 e. The van der Waals surface area contributed by atoms with Crippen molar-refractivity contribution in [3.63, 3.8) is 0 Å². The highest BCUT2D eigenvalue weighted by Gasteiger charge is 2.33. The van der Waals surface area contributed by atoms with E-state index in [1.807, 2.05) is 6.92 Å². The van der Waals surface area contributed by atoms with E-state index in [1.165, 1.54) is 28.4 Å². The minimum absolute atomic E-state index is 0.170. The first-order valence-corrected chi connectivity index (χ1v) is 12.6. The number of rotatable bonds is 7. The van der Waals surface area contributed by atoms with E-state index in [9.17, 15) is 13.6 Å². The zero-order valence-corrected chi connectivity index (χ0v) is 21.8. The Morgan fingerprint density at radius 1 is 1.08 bits per heavy atom. The average molecular weight is 528 g/mol. The maximum absolute atomic E-state index is 14.0. The fourth-order valence-corrected chi connectivity index (χ4v) is 4.96. The van der Waals surface area contributed by atoms with Gasteiger partial charge in [0.25, 0.3) is 0 Å². The van der Waals surface area contributed by atoms with Crippen molar-refractivity contribution in [2.24, 2.45) is 0 Å². The molecule has 8 nitrogen and oxygen atoms in total. The molecule has 1 aliphatic rings. The predicted molar refractivity (Wildman–Crippen MR) is 137 cm³/mol. The van der Waals surface area contributed by atoms with E-state index in [-0.39, 0.29) is 23.8 Å². The summed E-state index contributed by atoms with van der Waals surface area (Å²) in [7, 11) is 0. The maximum atomic E-state index is 14.0. The first-order valence-electron chi connectivity index (χ1n) is 11.8. The first-order chi connectivity index (χ1) is 17.6. The lowest BCUT2D eigenvalue weighted by Gasteiger charge is -2.41. The summed E-state index contributed by atoms with van der Waals surface area (Å²) in [6.07, 6.45) is 1.45. The summed E-state index contributed by atoms with van der Waals surface area (Å²) >= 11 is 1.47. The number of anilines is 1. The minimum atomic E-state index is -0.713. The first kappa shape index (κ1) is 25.1. The topological polar surface area (TPSA) is 74.4 Å². The molecule has 0 amide bonds. The van der Waals surface area contributed by atoms with Crippen molar-refractivity contribution in [3.8, 4) is 16.5 Å². The lowest BCUT2D eigenvalue weighted by atomic mass is 10.1. The Balaban J connectivity index is 1.25. The van der Waals surface area contributed by atoms with Gasteiger partial charge in [-0.1, -0.05) is 17.4 Å². The van der Waals surface area contributed by atoms with E-state index in [4.69, 9.17) is 9.47 Å². The second-order valence-corrected chi connectivity index (χ2v) is 10.8. The van der Waals surface area contributed by atoms with E-state index in [0.29, 0.717) is 16.5 Å². The van der Waals surface area contributed by atoms with E-state index < -0.39 is 17.3 Å². The summed E-state index contributed by atoms with van der Waals surface area (Å²) < 4.78 is 42.3. The van der Waals surface area contributed by atoms with Crippen molar-refractivity contribution in [1.82, 2.24) is 19.3 Å². The number of halogens is 2. The Kier molecular flexibility index (Phi) is 6.59. The highest BCUT2D eigenvalue weighted by Crippen LogP contribution is 2.38. The normalized spacial score (nSPS) is 14.2. The molecule has 1 saturated heterocycles. The number of hydrogen-bond acceptors (Lipinski definition) is 7. The van der Waals surface area contributed by atoms with Crippen LogP contribution in [0.4, 0.5) is 13.9 Å². The Bertz CT molecular complexity index is 1450. The van der Waals surface area contributed by atoms with Crippen LogP contribution in [0.3, 0.4) is 0 Å². The third-order valence-electron chi connectivity index (χ3n) is 5.80. The molecule has 4 aromatic rings. The second kappa shape index (κ2) is 9.71. The highest BCUT2D eigenvalue weighted by molar-refractivity contribution is 7.17. The zero-order chi connectivity index (χ0) is 26.3. The fraction of sp³-hybridized carbons (Fsp3) is 0.346. The fourth-order valence-electron chi connectivity index (χ4n) is 4.00. The molecule has 0 radical (unpaired) electrons. The largest absolute Gasteiger partial charge is 0.445 e. The standard InChI is InChI=1S/C26H27F2N5O3S/c1-16-23(37-24(30-16)31-12-19(13-31)36-26(2,3)4)35-18-10-8-17(9-11-18)33-25(34)32(15-29-33)14-20-21(27)6-5-7-22(20)28/h5-11,15,19H,12-14H2,1-4H3. The number of aromatic nitrogens is 4. The van der Waals surface area contributed by atoms with Crippen molar-refractivity contribution in [2.75, 3.05) is 18.0 Å². The van der Waals surface area contributed by atoms with Crippen LogP contribution in [-0.2, 0) is 11.3 Å². The lowest BCUT2D eigenvalue weighted by molar-refractivity contribution is -0.0701. The molecule has 5 rings (SSSR count). The molecular formula is C26H27F2N5O3S. The van der Waals surface area contributed by atoms with Crippen molar-refractivity contribution < 1.29 is 18.3 Å². The van der Waals surface area contributed by atoms with Crippen LogP contribution in [0.15, 0.2) is 53.6 Å². The van der Waals surface area contributed by atoms with Gasteiger partial charge in [-0.05, 0) is 64.1 Å². The summed E-state index contributed by atoms with van der Waals surface area (Å²) in [5, 5.41) is 5.67. The van der Waals surface area contributed by atoms with Crippen LogP contribution >= 0.6 is 11.3 Å². The van der Waals surface area contributed by atoms with Gasteiger partial charge in [0.15, 0.2) is 5.13 Å². The van der Waals surface area contributed by atoms with Crippen molar-refractivity contribution >= 4 is 16.5 Å². The molecule has 0 N–H and O–H groups in total. The van der Waals surface area contributed by atoms with Crippen LogP contribution in [0.1, 0.15) is 32.0 Å². The van der Waals surface area contributed by atoms with Gasteiger partial charge in [-0.15, -0.1) is 0 Å². The van der Waals surface area contributed by atoms with E-state index in [0.717, 1.165) is 40.6 Å². The molecule has 3 heterocycles. The summed E-state index contributed by atoms with van der Waals surface area (Å²) in [6.45, 7) is 9.38. The van der Waals surface area contributed by atoms with Gasteiger partial charge in [-0.25, -0.2) is 18.6 Å². The van der Waals surface area contributed by atoms with E-state index >= 15 is 0 Å². The summed E-state index contributed by atoms with van der Waals surface area (Å²) in [6, 6.07) is 10.4. The van der Waals surface area contributed by atoms with Gasteiger partial charge in [-0.3, -0.25) is 4.57 Å². The third kappa shape index (κ3) is 5.42. The van der Waals surface area contributed by atoms with E-state index in [2.05, 4.69) is 35.8 Å². The summed E-state index contributed by atoms with van der Waals surface area (Å²) in [5.41, 5.74) is 0.416. The minimum Gasteiger partial charge on any atom is -0.445 e. The van der Waals surface area contributed by atoms with Gasteiger partial charge < -0.3 is 14.4 Å².